The van der Waals surface area contributed by atoms with Crippen LogP contribution in [0.1, 0.15) is 44.6 Å². The monoisotopic (exact) mass is 260 g/mol. The van der Waals surface area contributed by atoms with Crippen molar-refractivity contribution in [3.05, 3.63) is 17.7 Å². The third-order valence-electron chi connectivity index (χ3n) is 2.84. The van der Waals surface area contributed by atoms with Gasteiger partial charge in [-0.3, -0.25) is 0 Å². The van der Waals surface area contributed by atoms with Crippen LogP contribution >= 0.6 is 0 Å². The van der Waals surface area contributed by atoms with Crippen LogP contribution in [0.25, 0.3) is 0 Å². The van der Waals surface area contributed by atoms with Crippen molar-refractivity contribution in [2.45, 2.75) is 39.7 Å². The first-order valence-corrected chi connectivity index (χ1v) is 6.81. The molecule has 0 aliphatic carbocycles. The number of rotatable bonds is 7. The number of terminal acetylenes is 1. The quantitative estimate of drug-likeness (QED) is 0.602. The van der Waals surface area contributed by atoms with Crippen LogP contribution in [0, 0.1) is 12.3 Å². The molecule has 0 bridgehead atoms. The van der Waals surface area contributed by atoms with Crippen LogP contribution < -0.4 is 10.2 Å². The molecule has 0 aliphatic rings. The molecule has 4 heteroatoms. The van der Waals surface area contributed by atoms with E-state index in [1.165, 1.54) is 0 Å². The average Bonchev–Trinajstić information content (AvgIpc) is 2.39. The van der Waals surface area contributed by atoms with E-state index in [-0.39, 0.29) is 0 Å². The number of nitrogens with one attached hydrogen (secondary N) is 1. The van der Waals surface area contributed by atoms with Gasteiger partial charge in [-0.15, -0.1) is 6.42 Å². The second kappa shape index (κ2) is 7.75. The molecule has 1 aromatic heterocycles. The smallest absolute Gasteiger partial charge is 0.131 e. The van der Waals surface area contributed by atoms with Gasteiger partial charge in [-0.05, 0) is 13.0 Å². The van der Waals surface area contributed by atoms with Crippen molar-refractivity contribution < 1.29 is 0 Å². The normalized spacial score (nSPS) is 10.5. The lowest BCUT2D eigenvalue weighted by Crippen LogP contribution is -2.23. The second-order valence-corrected chi connectivity index (χ2v) is 4.95. The Kier molecular flexibility index (Phi) is 6.31. The number of hydrogen-bond donors (Lipinski definition) is 1. The first-order chi connectivity index (χ1) is 9.10. The minimum Gasteiger partial charge on any atom is -0.361 e. The fourth-order valence-corrected chi connectivity index (χ4v) is 1.76. The van der Waals surface area contributed by atoms with Crippen molar-refractivity contribution in [1.29, 1.82) is 0 Å². The molecule has 1 heterocycles. The van der Waals surface area contributed by atoms with E-state index in [0.29, 0.717) is 12.5 Å². The van der Waals surface area contributed by atoms with E-state index < -0.39 is 0 Å². The Morgan fingerprint density at radius 3 is 2.79 bits per heavy atom. The molecule has 104 valence electrons. The average molecular weight is 260 g/mol. The van der Waals surface area contributed by atoms with Crippen LogP contribution in [0.3, 0.4) is 0 Å². The maximum Gasteiger partial charge on any atom is 0.131 e. The van der Waals surface area contributed by atoms with Crippen LogP contribution in [-0.2, 0) is 6.54 Å². The molecule has 0 saturated carbocycles. The van der Waals surface area contributed by atoms with E-state index in [0.717, 1.165) is 36.7 Å². The van der Waals surface area contributed by atoms with E-state index in [1.54, 1.807) is 0 Å². The Morgan fingerprint density at radius 1 is 1.47 bits per heavy atom. The lowest BCUT2D eigenvalue weighted by molar-refractivity contribution is 0.651. The van der Waals surface area contributed by atoms with Crippen molar-refractivity contribution in [3.8, 4) is 12.3 Å². The van der Waals surface area contributed by atoms with Gasteiger partial charge in [-0.1, -0.05) is 26.7 Å². The summed E-state index contributed by atoms with van der Waals surface area (Å²) in [5, 5.41) is 3.39. The van der Waals surface area contributed by atoms with Gasteiger partial charge < -0.3 is 10.2 Å². The van der Waals surface area contributed by atoms with Crippen molar-refractivity contribution >= 4 is 5.69 Å². The van der Waals surface area contributed by atoms with Gasteiger partial charge in [0.25, 0.3) is 0 Å². The van der Waals surface area contributed by atoms with Gasteiger partial charge in [0.05, 0.1) is 24.1 Å². The summed E-state index contributed by atoms with van der Waals surface area (Å²) in [4.78, 5) is 11.1. The SMILES string of the molecule is C#CCN(C)c1cnc(C(C)C)nc1CNCCC. The minimum atomic E-state index is 0.330. The predicted molar refractivity (Wildman–Crippen MR) is 80.2 cm³/mol. The molecule has 0 aliphatic heterocycles. The van der Waals surface area contributed by atoms with Crippen LogP contribution in [0.5, 0.6) is 0 Å². The highest BCUT2D eigenvalue weighted by atomic mass is 15.1. The van der Waals surface area contributed by atoms with Crippen LogP contribution in [0.2, 0.25) is 0 Å². The zero-order valence-corrected chi connectivity index (χ0v) is 12.4. The summed E-state index contributed by atoms with van der Waals surface area (Å²) in [6, 6.07) is 0. The summed E-state index contributed by atoms with van der Waals surface area (Å²) < 4.78 is 0. The molecule has 0 spiro atoms. The summed E-state index contributed by atoms with van der Waals surface area (Å²) >= 11 is 0. The van der Waals surface area contributed by atoms with E-state index in [2.05, 4.69) is 42.0 Å². The number of hydrogen-bond acceptors (Lipinski definition) is 4. The van der Waals surface area contributed by atoms with Gasteiger partial charge in [0.2, 0.25) is 0 Å². The van der Waals surface area contributed by atoms with Gasteiger partial charge in [-0.2, -0.15) is 0 Å². The molecule has 1 aromatic rings. The van der Waals surface area contributed by atoms with E-state index in [9.17, 15) is 0 Å². The highest BCUT2D eigenvalue weighted by Gasteiger charge is 2.12. The topological polar surface area (TPSA) is 41.1 Å². The summed E-state index contributed by atoms with van der Waals surface area (Å²) in [6.07, 6.45) is 8.35. The standard InChI is InChI=1S/C15H24N4/c1-6-8-16-10-13-14(19(5)9-7-2)11-17-15(18-13)12(3)4/h2,11-12,16H,6,8-10H2,1,3-5H3. The molecule has 0 unspecified atom stereocenters. The highest BCUT2D eigenvalue weighted by molar-refractivity contribution is 5.49. The molecule has 4 nitrogen and oxygen atoms in total. The summed E-state index contributed by atoms with van der Waals surface area (Å²) in [5.74, 6) is 3.86. The Hall–Kier alpha value is -1.60. The van der Waals surface area contributed by atoms with E-state index >= 15 is 0 Å². The number of aromatic nitrogens is 2. The molecule has 0 saturated heterocycles. The van der Waals surface area contributed by atoms with Gasteiger partial charge >= 0.3 is 0 Å². The molecular weight excluding hydrogens is 236 g/mol. The van der Waals surface area contributed by atoms with Crippen LogP contribution in [0.4, 0.5) is 5.69 Å². The Balaban J connectivity index is 2.97. The first kappa shape index (κ1) is 15.5. The van der Waals surface area contributed by atoms with Crippen LogP contribution in [-0.4, -0.2) is 30.1 Å². The van der Waals surface area contributed by atoms with E-state index in [1.807, 2.05) is 18.1 Å². The first-order valence-electron chi connectivity index (χ1n) is 6.81. The maximum atomic E-state index is 5.37. The number of anilines is 1. The molecule has 0 aromatic carbocycles. The lowest BCUT2D eigenvalue weighted by atomic mass is 10.2. The molecule has 1 N–H and O–H groups in total. The largest absolute Gasteiger partial charge is 0.361 e. The Bertz CT molecular complexity index is 434. The fourth-order valence-electron chi connectivity index (χ4n) is 1.76. The van der Waals surface area contributed by atoms with Crippen molar-refractivity contribution in [3.63, 3.8) is 0 Å². The third-order valence-corrected chi connectivity index (χ3v) is 2.84. The summed E-state index contributed by atoms with van der Waals surface area (Å²) in [6.45, 7) is 8.65. The maximum absolute atomic E-state index is 5.37. The number of nitrogens with zero attached hydrogens (tertiary/aromatic N) is 3. The van der Waals surface area contributed by atoms with Gasteiger partial charge in [-0.25, -0.2) is 9.97 Å². The third kappa shape index (κ3) is 4.53. The zero-order chi connectivity index (χ0) is 14.3. The zero-order valence-electron chi connectivity index (χ0n) is 12.4. The fraction of sp³-hybridized carbons (Fsp3) is 0.600. The van der Waals surface area contributed by atoms with Crippen molar-refractivity contribution in [2.75, 3.05) is 25.0 Å². The molecule has 0 amide bonds. The molecule has 19 heavy (non-hydrogen) atoms. The van der Waals surface area contributed by atoms with Gasteiger partial charge in [0.1, 0.15) is 5.82 Å². The minimum absolute atomic E-state index is 0.330. The van der Waals surface area contributed by atoms with Crippen molar-refractivity contribution in [1.82, 2.24) is 15.3 Å². The van der Waals surface area contributed by atoms with Crippen molar-refractivity contribution in [2.24, 2.45) is 0 Å². The molecule has 0 atom stereocenters. The predicted octanol–water partition coefficient (Wildman–Crippen LogP) is 2.17. The van der Waals surface area contributed by atoms with Crippen LogP contribution in [0.15, 0.2) is 6.20 Å². The Morgan fingerprint density at radius 2 is 2.21 bits per heavy atom. The summed E-state index contributed by atoms with van der Waals surface area (Å²) in [5.41, 5.74) is 2.02. The highest BCUT2D eigenvalue weighted by Crippen LogP contribution is 2.19. The Labute approximate surface area is 116 Å². The molecular formula is C15H24N4. The lowest BCUT2D eigenvalue weighted by Gasteiger charge is -2.20. The van der Waals surface area contributed by atoms with E-state index in [4.69, 9.17) is 6.42 Å². The molecule has 0 fully saturated rings. The van der Waals surface area contributed by atoms with Gasteiger partial charge in [0.15, 0.2) is 0 Å². The summed E-state index contributed by atoms with van der Waals surface area (Å²) in [7, 11) is 1.97. The van der Waals surface area contributed by atoms with Gasteiger partial charge in [0, 0.05) is 19.5 Å². The molecule has 0 radical (unpaired) electrons. The second-order valence-electron chi connectivity index (χ2n) is 4.95. The molecule has 1 rings (SSSR count).